The summed E-state index contributed by atoms with van der Waals surface area (Å²) < 4.78 is 4.91. The van der Waals surface area contributed by atoms with E-state index < -0.39 is 5.97 Å². The number of hydrogen-bond donors (Lipinski definition) is 2. The number of ether oxygens (including phenoxy) is 1. The Bertz CT molecular complexity index is 267. The topological polar surface area (TPSA) is 75.6 Å². The fourth-order valence-corrected chi connectivity index (χ4v) is 2.17. The molecule has 0 aliphatic heterocycles. The predicted molar refractivity (Wildman–Crippen MR) is 62.6 cm³/mol. The summed E-state index contributed by atoms with van der Waals surface area (Å²) in [5, 5.41) is 11.7. The standard InChI is InChI=1S/C12H21NO4/c1-17-7-3-2-6-13-11(14)9-4-5-10(8-9)12(15)16/h9-10H,2-8H2,1H3,(H,13,14)(H,15,16). The van der Waals surface area contributed by atoms with Gasteiger partial charge in [0.05, 0.1) is 5.92 Å². The van der Waals surface area contributed by atoms with Crippen molar-refractivity contribution in [2.75, 3.05) is 20.3 Å². The molecular formula is C12H21NO4. The van der Waals surface area contributed by atoms with Crippen LogP contribution >= 0.6 is 0 Å². The number of aliphatic carboxylic acids is 1. The summed E-state index contributed by atoms with van der Waals surface area (Å²) in [5.74, 6) is -1.22. The molecule has 98 valence electrons. The number of unbranched alkanes of at least 4 members (excludes halogenated alkanes) is 1. The van der Waals surface area contributed by atoms with Crippen LogP contribution in [-0.4, -0.2) is 37.2 Å². The average Bonchev–Trinajstić information content (AvgIpc) is 2.78. The van der Waals surface area contributed by atoms with Crippen molar-refractivity contribution in [2.45, 2.75) is 32.1 Å². The third-order valence-corrected chi connectivity index (χ3v) is 3.23. The molecule has 0 aromatic heterocycles. The molecule has 2 atom stereocenters. The number of carbonyl (C=O) groups is 2. The normalized spacial score (nSPS) is 23.6. The van der Waals surface area contributed by atoms with E-state index in [9.17, 15) is 9.59 Å². The molecule has 1 saturated carbocycles. The van der Waals surface area contributed by atoms with Gasteiger partial charge in [-0.25, -0.2) is 0 Å². The van der Waals surface area contributed by atoms with Crippen molar-refractivity contribution < 1.29 is 19.4 Å². The molecule has 1 aliphatic rings. The summed E-state index contributed by atoms with van der Waals surface area (Å²) in [4.78, 5) is 22.5. The third kappa shape index (κ3) is 4.73. The first-order valence-electron chi connectivity index (χ1n) is 6.14. The van der Waals surface area contributed by atoms with E-state index in [0.717, 1.165) is 12.8 Å². The van der Waals surface area contributed by atoms with E-state index in [-0.39, 0.29) is 17.7 Å². The van der Waals surface area contributed by atoms with Gasteiger partial charge in [0.15, 0.2) is 0 Å². The molecule has 17 heavy (non-hydrogen) atoms. The van der Waals surface area contributed by atoms with Crippen LogP contribution in [0.5, 0.6) is 0 Å². The van der Waals surface area contributed by atoms with Gasteiger partial charge >= 0.3 is 5.97 Å². The molecule has 0 radical (unpaired) electrons. The maximum Gasteiger partial charge on any atom is 0.306 e. The number of nitrogens with one attached hydrogen (secondary N) is 1. The van der Waals surface area contributed by atoms with Gasteiger partial charge < -0.3 is 15.2 Å². The van der Waals surface area contributed by atoms with Gasteiger partial charge in [0.1, 0.15) is 0 Å². The smallest absolute Gasteiger partial charge is 0.306 e. The van der Waals surface area contributed by atoms with Crippen LogP contribution in [0.4, 0.5) is 0 Å². The first kappa shape index (κ1) is 14.0. The second kappa shape index (κ2) is 7.27. The molecule has 0 aromatic rings. The van der Waals surface area contributed by atoms with Crippen LogP contribution in [0, 0.1) is 11.8 Å². The molecule has 5 heteroatoms. The van der Waals surface area contributed by atoms with Crippen LogP contribution < -0.4 is 5.32 Å². The summed E-state index contributed by atoms with van der Waals surface area (Å²) in [6.07, 6.45) is 3.63. The summed E-state index contributed by atoms with van der Waals surface area (Å²) in [6, 6.07) is 0. The van der Waals surface area contributed by atoms with Crippen molar-refractivity contribution in [1.29, 1.82) is 0 Å². The van der Waals surface area contributed by atoms with Crippen molar-refractivity contribution in [2.24, 2.45) is 11.8 Å². The van der Waals surface area contributed by atoms with Crippen LogP contribution in [0.15, 0.2) is 0 Å². The van der Waals surface area contributed by atoms with Crippen molar-refractivity contribution >= 4 is 11.9 Å². The molecule has 1 aliphatic carbocycles. The molecule has 1 fully saturated rings. The maximum absolute atomic E-state index is 11.7. The van der Waals surface area contributed by atoms with Gasteiger partial charge in [-0.2, -0.15) is 0 Å². The van der Waals surface area contributed by atoms with Gasteiger partial charge in [-0.3, -0.25) is 9.59 Å². The van der Waals surface area contributed by atoms with Crippen molar-refractivity contribution in [3.63, 3.8) is 0 Å². The highest BCUT2D eigenvalue weighted by Crippen LogP contribution is 2.30. The molecule has 1 rings (SSSR count). The Morgan fingerprint density at radius 1 is 1.29 bits per heavy atom. The maximum atomic E-state index is 11.7. The van der Waals surface area contributed by atoms with Gasteiger partial charge in [0, 0.05) is 26.2 Å². The Balaban J connectivity index is 2.14. The molecule has 0 saturated heterocycles. The monoisotopic (exact) mass is 243 g/mol. The fourth-order valence-electron chi connectivity index (χ4n) is 2.17. The first-order chi connectivity index (χ1) is 8.15. The lowest BCUT2D eigenvalue weighted by molar-refractivity contribution is -0.141. The minimum Gasteiger partial charge on any atom is -0.481 e. The van der Waals surface area contributed by atoms with Gasteiger partial charge in [-0.15, -0.1) is 0 Å². The summed E-state index contributed by atoms with van der Waals surface area (Å²) in [7, 11) is 1.66. The zero-order valence-electron chi connectivity index (χ0n) is 10.3. The first-order valence-corrected chi connectivity index (χ1v) is 6.14. The third-order valence-electron chi connectivity index (χ3n) is 3.23. The number of rotatable bonds is 7. The Morgan fingerprint density at radius 3 is 2.59 bits per heavy atom. The van der Waals surface area contributed by atoms with Crippen LogP contribution in [0.25, 0.3) is 0 Å². The van der Waals surface area contributed by atoms with E-state index in [4.69, 9.17) is 9.84 Å². The zero-order valence-corrected chi connectivity index (χ0v) is 10.3. The quantitative estimate of drug-likeness (QED) is 0.655. The minimum absolute atomic E-state index is 0.00571. The highest BCUT2D eigenvalue weighted by Gasteiger charge is 2.33. The number of amides is 1. The Kier molecular flexibility index (Phi) is 5.97. The summed E-state index contributed by atoms with van der Waals surface area (Å²) in [5.41, 5.74) is 0. The van der Waals surface area contributed by atoms with E-state index in [2.05, 4.69) is 5.32 Å². The second-order valence-electron chi connectivity index (χ2n) is 4.54. The number of methoxy groups -OCH3 is 1. The number of carboxylic acid groups (broad SMARTS) is 1. The summed E-state index contributed by atoms with van der Waals surface area (Å²) >= 11 is 0. The van der Waals surface area contributed by atoms with E-state index in [1.165, 1.54) is 0 Å². The van der Waals surface area contributed by atoms with Crippen molar-refractivity contribution in [3.8, 4) is 0 Å². The molecule has 0 aromatic carbocycles. The van der Waals surface area contributed by atoms with E-state index in [0.29, 0.717) is 32.4 Å². The van der Waals surface area contributed by atoms with Crippen molar-refractivity contribution in [3.05, 3.63) is 0 Å². The summed E-state index contributed by atoms with van der Waals surface area (Å²) in [6.45, 7) is 1.36. The van der Waals surface area contributed by atoms with E-state index in [1.807, 2.05) is 0 Å². The lowest BCUT2D eigenvalue weighted by Gasteiger charge is -2.10. The highest BCUT2D eigenvalue weighted by atomic mass is 16.5. The van der Waals surface area contributed by atoms with Crippen LogP contribution in [0.3, 0.4) is 0 Å². The largest absolute Gasteiger partial charge is 0.481 e. The number of carboxylic acids is 1. The molecule has 0 spiro atoms. The molecular weight excluding hydrogens is 222 g/mol. The highest BCUT2D eigenvalue weighted by molar-refractivity contribution is 5.80. The fraction of sp³-hybridized carbons (Fsp3) is 0.833. The minimum atomic E-state index is -0.777. The molecule has 0 heterocycles. The van der Waals surface area contributed by atoms with Gasteiger partial charge in [-0.1, -0.05) is 0 Å². The Labute approximate surface area is 102 Å². The molecule has 2 N–H and O–H groups in total. The molecule has 0 bridgehead atoms. The van der Waals surface area contributed by atoms with Crippen LogP contribution in [0.2, 0.25) is 0 Å². The van der Waals surface area contributed by atoms with Gasteiger partial charge in [0.2, 0.25) is 5.91 Å². The molecule has 2 unspecified atom stereocenters. The zero-order chi connectivity index (χ0) is 12.7. The molecule has 1 amide bonds. The Morgan fingerprint density at radius 2 is 2.00 bits per heavy atom. The molecule has 5 nitrogen and oxygen atoms in total. The van der Waals surface area contributed by atoms with Crippen LogP contribution in [-0.2, 0) is 14.3 Å². The number of hydrogen-bond acceptors (Lipinski definition) is 3. The predicted octanol–water partition coefficient (Wildman–Crippen LogP) is 1.03. The van der Waals surface area contributed by atoms with Crippen LogP contribution in [0.1, 0.15) is 32.1 Å². The SMILES string of the molecule is COCCCCNC(=O)C1CCC(C(=O)O)C1. The van der Waals surface area contributed by atoms with Gasteiger partial charge in [0.25, 0.3) is 0 Å². The number of carbonyl (C=O) groups excluding carboxylic acids is 1. The second-order valence-corrected chi connectivity index (χ2v) is 4.54. The van der Waals surface area contributed by atoms with E-state index >= 15 is 0 Å². The lowest BCUT2D eigenvalue weighted by atomic mass is 10.0. The lowest BCUT2D eigenvalue weighted by Crippen LogP contribution is -2.30. The van der Waals surface area contributed by atoms with Crippen molar-refractivity contribution in [1.82, 2.24) is 5.32 Å². The Hall–Kier alpha value is -1.10. The average molecular weight is 243 g/mol. The van der Waals surface area contributed by atoms with E-state index in [1.54, 1.807) is 7.11 Å². The van der Waals surface area contributed by atoms with Gasteiger partial charge in [-0.05, 0) is 32.1 Å².